The number of aryl methyl sites for hydroxylation is 3. The van der Waals surface area contributed by atoms with E-state index in [0.717, 1.165) is 41.7 Å². The number of anilines is 1. The van der Waals surface area contributed by atoms with Gasteiger partial charge in [0.25, 0.3) is 0 Å². The second-order valence-corrected chi connectivity index (χ2v) is 8.73. The zero-order valence-electron chi connectivity index (χ0n) is 20.7. The molecule has 0 atom stereocenters. The van der Waals surface area contributed by atoms with E-state index in [4.69, 9.17) is 9.47 Å². The maximum absolute atomic E-state index is 12.4. The van der Waals surface area contributed by atoms with Crippen LogP contribution in [0.1, 0.15) is 47.9 Å². The van der Waals surface area contributed by atoms with Gasteiger partial charge in [0.1, 0.15) is 5.75 Å². The Balaban J connectivity index is 1.35. The van der Waals surface area contributed by atoms with E-state index in [-0.39, 0.29) is 18.3 Å². The summed E-state index contributed by atoms with van der Waals surface area (Å²) in [6.45, 7) is 2.65. The Kier molecular flexibility index (Phi) is 10.4. The molecule has 1 N–H and O–H groups in total. The number of carbonyl (C=O) groups is 2. The Hall–Kier alpha value is -3.60. The predicted octanol–water partition coefficient (Wildman–Crippen LogP) is 6.07. The molecule has 0 heterocycles. The summed E-state index contributed by atoms with van der Waals surface area (Å²) in [6, 6.07) is 24.1. The summed E-state index contributed by atoms with van der Waals surface area (Å²) < 4.78 is 10.6. The molecular formula is C30H35NO4. The molecule has 5 heteroatoms. The first-order valence-corrected chi connectivity index (χ1v) is 12.3. The molecule has 5 nitrogen and oxygen atoms in total. The molecule has 3 aromatic carbocycles. The molecule has 184 valence electrons. The minimum absolute atomic E-state index is 0.0614. The van der Waals surface area contributed by atoms with Gasteiger partial charge in [0.05, 0.1) is 20.1 Å². The fourth-order valence-corrected chi connectivity index (χ4v) is 3.84. The minimum atomic E-state index is -0.299. The van der Waals surface area contributed by atoms with Crippen LogP contribution in [0.2, 0.25) is 0 Å². The number of esters is 1. The van der Waals surface area contributed by atoms with Crippen molar-refractivity contribution in [3.05, 3.63) is 95.1 Å². The molecule has 0 spiro atoms. The van der Waals surface area contributed by atoms with Crippen molar-refractivity contribution in [3.63, 3.8) is 0 Å². The number of rotatable bonds is 13. The summed E-state index contributed by atoms with van der Waals surface area (Å²) in [6.07, 6.45) is 5.68. The van der Waals surface area contributed by atoms with Crippen LogP contribution in [0.3, 0.4) is 0 Å². The van der Waals surface area contributed by atoms with Gasteiger partial charge in [0.2, 0.25) is 5.91 Å². The fraction of sp³-hybridized carbons (Fsp3) is 0.333. The number of hydrogen-bond acceptors (Lipinski definition) is 4. The Labute approximate surface area is 208 Å². The van der Waals surface area contributed by atoms with Crippen molar-refractivity contribution in [1.82, 2.24) is 0 Å². The van der Waals surface area contributed by atoms with Crippen molar-refractivity contribution in [2.75, 3.05) is 19.0 Å². The van der Waals surface area contributed by atoms with Crippen molar-refractivity contribution < 1.29 is 19.1 Å². The van der Waals surface area contributed by atoms with Crippen LogP contribution in [0, 0.1) is 6.92 Å². The highest BCUT2D eigenvalue weighted by Gasteiger charge is 2.09. The fourth-order valence-electron chi connectivity index (χ4n) is 3.84. The van der Waals surface area contributed by atoms with Gasteiger partial charge >= 0.3 is 5.97 Å². The van der Waals surface area contributed by atoms with Crippen molar-refractivity contribution in [2.45, 2.75) is 51.9 Å². The standard InChI is InChI=1S/C30H35NO4/c1-23-12-16-27(21-26(23)22-30(33)34-2)31-29(32)19-15-25-13-17-28(18-14-25)35-20-8-4-7-11-24-9-5-3-6-10-24/h3,5-6,9-10,12-14,16-18,21H,4,7-8,11,15,19-20,22H2,1-2H3,(H,31,32). The summed E-state index contributed by atoms with van der Waals surface area (Å²) in [7, 11) is 1.37. The Morgan fingerprint density at radius 3 is 2.31 bits per heavy atom. The maximum atomic E-state index is 12.4. The van der Waals surface area contributed by atoms with Gasteiger partial charge < -0.3 is 14.8 Å². The van der Waals surface area contributed by atoms with Gasteiger partial charge in [-0.2, -0.15) is 0 Å². The van der Waals surface area contributed by atoms with Crippen LogP contribution in [0.25, 0.3) is 0 Å². The summed E-state index contributed by atoms with van der Waals surface area (Å²) in [5.41, 5.74) is 5.00. The van der Waals surface area contributed by atoms with Gasteiger partial charge in [-0.3, -0.25) is 9.59 Å². The normalized spacial score (nSPS) is 10.6. The Morgan fingerprint density at radius 1 is 0.829 bits per heavy atom. The average molecular weight is 474 g/mol. The molecule has 0 aliphatic rings. The third-order valence-electron chi connectivity index (χ3n) is 5.98. The molecule has 0 bridgehead atoms. The SMILES string of the molecule is COC(=O)Cc1cc(NC(=O)CCc2ccc(OCCCCCc3ccccc3)cc2)ccc1C. The number of hydrogen-bond donors (Lipinski definition) is 1. The van der Waals surface area contributed by atoms with Gasteiger partial charge in [-0.15, -0.1) is 0 Å². The van der Waals surface area contributed by atoms with Gasteiger partial charge in [-0.1, -0.05) is 48.5 Å². The van der Waals surface area contributed by atoms with Gasteiger partial charge in [-0.25, -0.2) is 0 Å². The smallest absolute Gasteiger partial charge is 0.309 e. The van der Waals surface area contributed by atoms with Crippen LogP contribution in [0.15, 0.2) is 72.8 Å². The second-order valence-electron chi connectivity index (χ2n) is 8.73. The molecule has 0 saturated carbocycles. The first-order valence-electron chi connectivity index (χ1n) is 12.3. The van der Waals surface area contributed by atoms with Crippen molar-refractivity contribution in [1.29, 1.82) is 0 Å². The summed E-state index contributed by atoms with van der Waals surface area (Å²) in [4.78, 5) is 24.0. The van der Waals surface area contributed by atoms with E-state index in [1.54, 1.807) is 0 Å². The first kappa shape index (κ1) is 26.0. The highest BCUT2D eigenvalue weighted by Crippen LogP contribution is 2.18. The van der Waals surface area contributed by atoms with Crippen molar-refractivity contribution in [3.8, 4) is 5.75 Å². The van der Waals surface area contributed by atoms with Gasteiger partial charge in [0, 0.05) is 12.1 Å². The Morgan fingerprint density at radius 2 is 1.57 bits per heavy atom. The molecule has 0 aliphatic heterocycles. The number of benzene rings is 3. The lowest BCUT2D eigenvalue weighted by Crippen LogP contribution is -2.13. The molecule has 1 amide bonds. The number of amides is 1. The van der Waals surface area contributed by atoms with E-state index in [0.29, 0.717) is 25.1 Å². The number of nitrogens with one attached hydrogen (secondary N) is 1. The van der Waals surface area contributed by atoms with Crippen LogP contribution in [-0.4, -0.2) is 25.6 Å². The van der Waals surface area contributed by atoms with E-state index in [2.05, 4.69) is 29.6 Å². The van der Waals surface area contributed by atoms with Crippen LogP contribution in [0.4, 0.5) is 5.69 Å². The second kappa shape index (κ2) is 14.0. The minimum Gasteiger partial charge on any atom is -0.494 e. The maximum Gasteiger partial charge on any atom is 0.309 e. The number of carbonyl (C=O) groups excluding carboxylic acids is 2. The predicted molar refractivity (Wildman–Crippen MR) is 140 cm³/mol. The molecule has 0 unspecified atom stereocenters. The highest BCUT2D eigenvalue weighted by atomic mass is 16.5. The summed E-state index contributed by atoms with van der Waals surface area (Å²) >= 11 is 0. The molecular weight excluding hydrogens is 438 g/mol. The van der Waals surface area contributed by atoms with Crippen molar-refractivity contribution in [2.24, 2.45) is 0 Å². The monoisotopic (exact) mass is 473 g/mol. The van der Waals surface area contributed by atoms with Crippen molar-refractivity contribution >= 4 is 17.6 Å². The molecule has 0 radical (unpaired) electrons. The topological polar surface area (TPSA) is 64.6 Å². The summed E-state index contributed by atoms with van der Waals surface area (Å²) in [5, 5.41) is 2.92. The molecule has 3 rings (SSSR count). The van der Waals surface area contributed by atoms with Crippen LogP contribution >= 0.6 is 0 Å². The number of ether oxygens (including phenoxy) is 2. The van der Waals surface area contributed by atoms with Crippen LogP contribution in [-0.2, 0) is 33.6 Å². The lowest BCUT2D eigenvalue weighted by Gasteiger charge is -2.10. The molecule has 3 aromatic rings. The van der Waals surface area contributed by atoms with E-state index < -0.39 is 0 Å². The first-order chi connectivity index (χ1) is 17.0. The third kappa shape index (κ3) is 9.28. The van der Waals surface area contributed by atoms with E-state index in [9.17, 15) is 9.59 Å². The van der Waals surface area contributed by atoms with E-state index in [1.165, 1.54) is 19.1 Å². The number of methoxy groups -OCH3 is 1. The van der Waals surface area contributed by atoms with E-state index >= 15 is 0 Å². The zero-order chi connectivity index (χ0) is 24.9. The summed E-state index contributed by atoms with van der Waals surface area (Å²) in [5.74, 6) is 0.500. The van der Waals surface area contributed by atoms with Crippen LogP contribution < -0.4 is 10.1 Å². The molecule has 0 aromatic heterocycles. The van der Waals surface area contributed by atoms with Gasteiger partial charge in [0.15, 0.2) is 0 Å². The zero-order valence-corrected chi connectivity index (χ0v) is 20.7. The quantitative estimate of drug-likeness (QED) is 0.242. The van der Waals surface area contributed by atoms with Crippen LogP contribution in [0.5, 0.6) is 5.75 Å². The third-order valence-corrected chi connectivity index (χ3v) is 5.98. The Bertz CT molecular complexity index is 1080. The lowest BCUT2D eigenvalue weighted by atomic mass is 10.0. The highest BCUT2D eigenvalue weighted by molar-refractivity contribution is 5.91. The lowest BCUT2D eigenvalue weighted by molar-refractivity contribution is -0.139. The van der Waals surface area contributed by atoms with Gasteiger partial charge in [-0.05, 0) is 85.5 Å². The number of unbranched alkanes of at least 4 members (excludes halogenated alkanes) is 2. The molecule has 0 aliphatic carbocycles. The molecule has 0 fully saturated rings. The molecule has 35 heavy (non-hydrogen) atoms. The molecule has 0 saturated heterocycles. The largest absolute Gasteiger partial charge is 0.494 e. The van der Waals surface area contributed by atoms with E-state index in [1.807, 2.05) is 55.5 Å². The average Bonchev–Trinajstić information content (AvgIpc) is 2.88.